The minimum atomic E-state index is -1.03. The van der Waals surface area contributed by atoms with Gasteiger partial charge in [0.05, 0.1) is 0 Å². The van der Waals surface area contributed by atoms with Crippen LogP contribution in [0.3, 0.4) is 0 Å². The van der Waals surface area contributed by atoms with Crippen molar-refractivity contribution in [1.29, 1.82) is 0 Å². The van der Waals surface area contributed by atoms with Gasteiger partial charge in [0.2, 0.25) is 0 Å². The maximum Gasteiger partial charge on any atom is 0.411 e. The van der Waals surface area contributed by atoms with Crippen LogP contribution >= 0.6 is 0 Å². The van der Waals surface area contributed by atoms with Gasteiger partial charge in [0, 0.05) is 6.54 Å². The Kier molecular flexibility index (Phi) is 3.09. The summed E-state index contributed by atoms with van der Waals surface area (Å²) in [5.74, 6) is -0.605. The molecule has 94 valence electrons. The summed E-state index contributed by atoms with van der Waals surface area (Å²) in [5.41, 5.74) is -1.03. The third kappa shape index (κ3) is 1.90. The first-order valence-electron chi connectivity index (χ1n) is 5.89. The van der Waals surface area contributed by atoms with Crippen molar-refractivity contribution >= 4 is 12.1 Å². The SMILES string of the molecule is C=CCOC(=O)N1C[C@@H]2CCC[C@@]1(C(=O)O)C2. The Balaban J connectivity index is 2.17. The van der Waals surface area contributed by atoms with Crippen molar-refractivity contribution < 1.29 is 19.4 Å². The molecule has 1 N–H and O–H groups in total. The smallest absolute Gasteiger partial charge is 0.411 e. The van der Waals surface area contributed by atoms with E-state index >= 15 is 0 Å². The fraction of sp³-hybridized carbons (Fsp3) is 0.667. The number of aliphatic carboxylic acids is 1. The van der Waals surface area contributed by atoms with Crippen LogP contribution in [0, 0.1) is 5.92 Å². The van der Waals surface area contributed by atoms with Crippen LogP contribution in [-0.4, -0.2) is 40.8 Å². The van der Waals surface area contributed by atoms with Crippen molar-refractivity contribution in [2.75, 3.05) is 13.2 Å². The monoisotopic (exact) mass is 239 g/mol. The molecule has 5 heteroatoms. The summed E-state index contributed by atoms with van der Waals surface area (Å²) in [5, 5.41) is 9.39. The molecule has 0 spiro atoms. The molecule has 1 heterocycles. The van der Waals surface area contributed by atoms with Crippen molar-refractivity contribution in [2.45, 2.75) is 31.2 Å². The standard InChI is InChI=1S/C12H17NO4/c1-2-6-17-11(16)13-8-9-4-3-5-12(13,7-9)10(14)15/h2,9H,1,3-8H2,(H,14,15)/t9-,12+/m1/s1. The van der Waals surface area contributed by atoms with E-state index in [-0.39, 0.29) is 6.61 Å². The Morgan fingerprint density at radius 1 is 1.59 bits per heavy atom. The summed E-state index contributed by atoms with van der Waals surface area (Å²) < 4.78 is 4.96. The first-order chi connectivity index (χ1) is 8.10. The van der Waals surface area contributed by atoms with Crippen molar-refractivity contribution in [1.82, 2.24) is 4.90 Å². The molecule has 2 atom stereocenters. The van der Waals surface area contributed by atoms with Gasteiger partial charge >= 0.3 is 12.1 Å². The van der Waals surface area contributed by atoms with Crippen molar-refractivity contribution in [2.24, 2.45) is 5.92 Å². The first kappa shape index (κ1) is 12.0. The Hall–Kier alpha value is -1.52. The predicted molar refractivity (Wildman–Crippen MR) is 60.6 cm³/mol. The summed E-state index contributed by atoms with van der Waals surface area (Å²) >= 11 is 0. The van der Waals surface area contributed by atoms with E-state index in [1.54, 1.807) is 0 Å². The third-order valence-electron chi connectivity index (χ3n) is 3.73. The molecule has 1 aliphatic heterocycles. The lowest BCUT2D eigenvalue weighted by atomic mass is 9.80. The maximum absolute atomic E-state index is 11.8. The van der Waals surface area contributed by atoms with Gasteiger partial charge < -0.3 is 9.84 Å². The van der Waals surface area contributed by atoms with E-state index in [0.717, 1.165) is 12.8 Å². The number of hydrogen-bond donors (Lipinski definition) is 1. The number of nitrogens with zero attached hydrogens (tertiary/aromatic N) is 1. The summed E-state index contributed by atoms with van der Waals surface area (Å²) in [6, 6.07) is 0. The van der Waals surface area contributed by atoms with Gasteiger partial charge in [-0.3, -0.25) is 4.90 Å². The van der Waals surface area contributed by atoms with Gasteiger partial charge in [0.25, 0.3) is 0 Å². The van der Waals surface area contributed by atoms with E-state index in [2.05, 4.69) is 6.58 Å². The van der Waals surface area contributed by atoms with Gasteiger partial charge in [-0.25, -0.2) is 9.59 Å². The number of carboxylic acid groups (broad SMARTS) is 1. The van der Waals surface area contributed by atoms with Crippen LogP contribution in [0.1, 0.15) is 25.7 Å². The molecule has 17 heavy (non-hydrogen) atoms. The van der Waals surface area contributed by atoms with Gasteiger partial charge in [-0.15, -0.1) is 0 Å². The van der Waals surface area contributed by atoms with Gasteiger partial charge in [0.15, 0.2) is 0 Å². The molecule has 1 aliphatic carbocycles. The number of hydrogen-bond acceptors (Lipinski definition) is 3. The zero-order valence-electron chi connectivity index (χ0n) is 9.72. The highest BCUT2D eigenvalue weighted by Crippen LogP contribution is 2.44. The summed E-state index contributed by atoms with van der Waals surface area (Å²) in [7, 11) is 0. The molecule has 0 aromatic rings. The molecule has 0 aromatic heterocycles. The lowest BCUT2D eigenvalue weighted by molar-refractivity contribution is -0.149. The number of fused-ring (bicyclic) bond motifs is 2. The van der Waals surface area contributed by atoms with Crippen LogP contribution in [0.2, 0.25) is 0 Å². The van der Waals surface area contributed by atoms with Crippen LogP contribution in [0.5, 0.6) is 0 Å². The van der Waals surface area contributed by atoms with Crippen molar-refractivity contribution in [3.63, 3.8) is 0 Å². The Labute approximate surface area is 100 Å². The minimum absolute atomic E-state index is 0.121. The van der Waals surface area contributed by atoms with Crippen LogP contribution in [0.25, 0.3) is 0 Å². The fourth-order valence-electron chi connectivity index (χ4n) is 2.97. The number of rotatable bonds is 3. The quantitative estimate of drug-likeness (QED) is 0.760. The molecular weight excluding hydrogens is 222 g/mol. The molecule has 2 aliphatic rings. The Morgan fingerprint density at radius 3 is 3.00 bits per heavy atom. The molecule has 5 nitrogen and oxygen atoms in total. The molecule has 0 radical (unpaired) electrons. The number of carbonyl (C=O) groups excluding carboxylic acids is 1. The van der Waals surface area contributed by atoms with E-state index < -0.39 is 17.6 Å². The highest BCUT2D eigenvalue weighted by atomic mass is 16.6. The van der Waals surface area contributed by atoms with E-state index in [1.807, 2.05) is 0 Å². The molecule has 2 fully saturated rings. The van der Waals surface area contributed by atoms with E-state index in [4.69, 9.17) is 4.74 Å². The number of carbonyl (C=O) groups is 2. The average molecular weight is 239 g/mol. The summed E-state index contributed by atoms with van der Waals surface area (Å²) in [6.07, 6.45) is 3.90. The molecule has 2 bridgehead atoms. The predicted octanol–water partition coefficient (Wildman–Crippen LogP) is 1.64. The highest BCUT2D eigenvalue weighted by molar-refractivity contribution is 5.85. The number of carboxylic acids is 1. The third-order valence-corrected chi connectivity index (χ3v) is 3.73. The molecule has 0 aromatic carbocycles. The van der Waals surface area contributed by atoms with Crippen molar-refractivity contribution in [3.05, 3.63) is 12.7 Å². The van der Waals surface area contributed by atoms with Gasteiger partial charge in [-0.05, 0) is 25.2 Å². The lowest BCUT2D eigenvalue weighted by Crippen LogP contribution is -2.53. The zero-order valence-corrected chi connectivity index (χ0v) is 9.72. The second-order valence-corrected chi connectivity index (χ2v) is 4.78. The van der Waals surface area contributed by atoms with Crippen LogP contribution in [0.4, 0.5) is 4.79 Å². The first-order valence-corrected chi connectivity index (χ1v) is 5.89. The second-order valence-electron chi connectivity index (χ2n) is 4.78. The molecule has 2 rings (SSSR count). The van der Waals surface area contributed by atoms with E-state index in [0.29, 0.717) is 25.3 Å². The summed E-state index contributed by atoms with van der Waals surface area (Å²) in [4.78, 5) is 24.7. The Bertz CT molecular complexity index is 354. The van der Waals surface area contributed by atoms with Crippen LogP contribution in [0.15, 0.2) is 12.7 Å². The van der Waals surface area contributed by atoms with E-state index in [1.165, 1.54) is 11.0 Å². The average Bonchev–Trinajstić information content (AvgIpc) is 2.59. The topological polar surface area (TPSA) is 66.8 Å². The molecule has 1 saturated heterocycles. The van der Waals surface area contributed by atoms with Gasteiger partial charge in [0.1, 0.15) is 12.1 Å². The van der Waals surface area contributed by atoms with Crippen molar-refractivity contribution in [3.8, 4) is 0 Å². The minimum Gasteiger partial charge on any atom is -0.479 e. The lowest BCUT2D eigenvalue weighted by Gasteiger charge is -2.34. The van der Waals surface area contributed by atoms with Gasteiger partial charge in [-0.2, -0.15) is 0 Å². The van der Waals surface area contributed by atoms with Crippen LogP contribution in [-0.2, 0) is 9.53 Å². The highest BCUT2D eigenvalue weighted by Gasteiger charge is 2.55. The maximum atomic E-state index is 11.8. The normalized spacial score (nSPS) is 31.1. The number of likely N-dealkylation sites (tertiary alicyclic amines) is 1. The van der Waals surface area contributed by atoms with E-state index in [9.17, 15) is 14.7 Å². The number of ether oxygens (including phenoxy) is 1. The Morgan fingerprint density at radius 2 is 2.35 bits per heavy atom. The molecule has 1 saturated carbocycles. The zero-order chi connectivity index (χ0) is 12.5. The number of amides is 1. The second kappa shape index (κ2) is 4.39. The molecular formula is C12H17NO4. The largest absolute Gasteiger partial charge is 0.479 e. The fourth-order valence-corrected chi connectivity index (χ4v) is 2.97. The van der Waals surface area contributed by atoms with Gasteiger partial charge in [-0.1, -0.05) is 19.1 Å². The van der Waals surface area contributed by atoms with Crippen LogP contribution < -0.4 is 0 Å². The summed E-state index contributed by atoms with van der Waals surface area (Å²) in [6.45, 7) is 4.09. The molecule has 1 amide bonds. The molecule has 0 unspecified atom stereocenters.